The van der Waals surface area contributed by atoms with Gasteiger partial charge in [-0.05, 0) is 6.42 Å². The topological polar surface area (TPSA) is 55.6 Å². The van der Waals surface area contributed by atoms with Crippen LogP contribution in [0.4, 0.5) is 0 Å². The largest absolute Gasteiger partial charge is 0.379 e. The molecule has 0 radical (unpaired) electrons. The maximum absolute atomic E-state index is 11.4. The first-order valence-electron chi connectivity index (χ1n) is 4.82. The number of rotatable bonds is 4. The summed E-state index contributed by atoms with van der Waals surface area (Å²) in [5, 5.41) is 0. The van der Waals surface area contributed by atoms with Gasteiger partial charge in [0.1, 0.15) is 0 Å². The van der Waals surface area contributed by atoms with Gasteiger partial charge in [-0.15, -0.1) is 0 Å². The predicted octanol–water partition coefficient (Wildman–Crippen LogP) is -0.375. The van der Waals surface area contributed by atoms with E-state index in [1.54, 1.807) is 0 Å². The highest BCUT2D eigenvalue weighted by atomic mass is 16.5. The fourth-order valence-electron chi connectivity index (χ4n) is 1.32. The smallest absolute Gasteiger partial charge is 0.163 e. The van der Waals surface area contributed by atoms with Crippen LogP contribution in [-0.2, 0) is 9.53 Å². The Kier molecular flexibility index (Phi) is 4.35. The molecule has 4 nitrogen and oxygen atoms in total. The van der Waals surface area contributed by atoms with Crippen LogP contribution in [0, 0.1) is 0 Å². The lowest BCUT2D eigenvalue weighted by atomic mass is 10.1. The average molecular weight is 186 g/mol. The number of hydrogen-bond donors (Lipinski definition) is 1. The molecule has 0 aromatic rings. The van der Waals surface area contributed by atoms with Crippen LogP contribution in [-0.4, -0.2) is 49.6 Å². The first kappa shape index (κ1) is 10.6. The summed E-state index contributed by atoms with van der Waals surface area (Å²) in [5.74, 6) is 0.143. The molecule has 0 bridgehead atoms. The molecule has 0 aromatic heterocycles. The molecule has 1 unspecified atom stereocenters. The van der Waals surface area contributed by atoms with E-state index in [-0.39, 0.29) is 11.8 Å². The summed E-state index contributed by atoms with van der Waals surface area (Å²) in [6.07, 6.45) is 0.725. The van der Waals surface area contributed by atoms with Crippen LogP contribution < -0.4 is 5.73 Å². The molecule has 0 aromatic carbocycles. The van der Waals surface area contributed by atoms with Crippen LogP contribution in [0.5, 0.6) is 0 Å². The zero-order valence-electron chi connectivity index (χ0n) is 8.16. The number of ketones is 1. The quantitative estimate of drug-likeness (QED) is 0.650. The van der Waals surface area contributed by atoms with Crippen molar-refractivity contribution in [3.8, 4) is 0 Å². The van der Waals surface area contributed by atoms with E-state index in [1.165, 1.54) is 0 Å². The molecule has 1 heterocycles. The summed E-state index contributed by atoms with van der Waals surface area (Å²) < 4.78 is 5.18. The van der Waals surface area contributed by atoms with E-state index in [4.69, 9.17) is 10.5 Å². The zero-order chi connectivity index (χ0) is 9.68. The van der Waals surface area contributed by atoms with Gasteiger partial charge in [-0.2, -0.15) is 0 Å². The number of carbonyl (C=O) groups is 1. The molecule has 76 valence electrons. The lowest BCUT2D eigenvalue weighted by Gasteiger charge is -2.26. The minimum atomic E-state index is -0.289. The van der Waals surface area contributed by atoms with Crippen molar-refractivity contribution in [3.63, 3.8) is 0 Å². The molecule has 2 N–H and O–H groups in total. The molecule has 1 rings (SSSR count). The Morgan fingerprint density at radius 3 is 2.69 bits per heavy atom. The van der Waals surface area contributed by atoms with Gasteiger partial charge in [0.2, 0.25) is 0 Å². The molecule has 0 aliphatic carbocycles. The second-order valence-electron chi connectivity index (χ2n) is 3.37. The van der Waals surface area contributed by atoms with Crippen LogP contribution in [0.2, 0.25) is 0 Å². The predicted molar refractivity (Wildman–Crippen MR) is 50.5 cm³/mol. The molecular formula is C9H18N2O2. The Morgan fingerprint density at radius 1 is 1.54 bits per heavy atom. The molecule has 0 saturated carbocycles. The first-order valence-corrected chi connectivity index (χ1v) is 4.82. The molecule has 1 aliphatic heterocycles. The van der Waals surface area contributed by atoms with Crippen molar-refractivity contribution in [2.45, 2.75) is 19.4 Å². The number of nitrogens with two attached hydrogens (primary N) is 1. The molecule has 13 heavy (non-hydrogen) atoms. The van der Waals surface area contributed by atoms with Crippen molar-refractivity contribution in [2.75, 3.05) is 32.8 Å². The number of ether oxygens (including phenoxy) is 1. The van der Waals surface area contributed by atoms with Crippen molar-refractivity contribution in [1.29, 1.82) is 0 Å². The van der Waals surface area contributed by atoms with E-state index in [0.29, 0.717) is 6.54 Å². The van der Waals surface area contributed by atoms with Crippen LogP contribution in [0.15, 0.2) is 0 Å². The van der Waals surface area contributed by atoms with E-state index in [1.807, 2.05) is 6.92 Å². The molecule has 0 spiro atoms. The average Bonchev–Trinajstić information content (AvgIpc) is 2.18. The summed E-state index contributed by atoms with van der Waals surface area (Å²) >= 11 is 0. The number of carbonyl (C=O) groups excluding carboxylic acids is 1. The monoisotopic (exact) mass is 186 g/mol. The fraction of sp³-hybridized carbons (Fsp3) is 0.889. The van der Waals surface area contributed by atoms with Gasteiger partial charge in [0.15, 0.2) is 5.78 Å². The number of morpholine rings is 1. The molecule has 4 heteroatoms. The lowest BCUT2D eigenvalue weighted by Crippen LogP contribution is -2.44. The fourth-order valence-corrected chi connectivity index (χ4v) is 1.32. The summed E-state index contributed by atoms with van der Waals surface area (Å²) in [7, 11) is 0. The minimum Gasteiger partial charge on any atom is -0.379 e. The number of nitrogens with zero attached hydrogens (tertiary/aromatic N) is 1. The first-order chi connectivity index (χ1) is 6.24. The molecule has 1 saturated heterocycles. The zero-order valence-corrected chi connectivity index (χ0v) is 8.16. The minimum absolute atomic E-state index is 0.143. The number of Topliss-reactive ketones (excluding diaryl/α,β-unsaturated/α-hetero) is 1. The van der Waals surface area contributed by atoms with Crippen molar-refractivity contribution < 1.29 is 9.53 Å². The third-order valence-electron chi connectivity index (χ3n) is 2.34. The second-order valence-corrected chi connectivity index (χ2v) is 3.37. The third-order valence-corrected chi connectivity index (χ3v) is 2.34. The Labute approximate surface area is 79.0 Å². The highest BCUT2D eigenvalue weighted by molar-refractivity contribution is 5.85. The van der Waals surface area contributed by atoms with Gasteiger partial charge < -0.3 is 10.5 Å². The summed E-state index contributed by atoms with van der Waals surface area (Å²) in [4.78, 5) is 13.5. The highest BCUT2D eigenvalue weighted by Crippen LogP contribution is 1.98. The van der Waals surface area contributed by atoms with Crippen molar-refractivity contribution in [1.82, 2.24) is 4.90 Å². The van der Waals surface area contributed by atoms with E-state index in [0.717, 1.165) is 32.7 Å². The van der Waals surface area contributed by atoms with E-state index in [9.17, 15) is 4.79 Å². The van der Waals surface area contributed by atoms with Gasteiger partial charge >= 0.3 is 0 Å². The SMILES string of the molecule is CCC(N)C(=O)CN1CCOCC1. The summed E-state index contributed by atoms with van der Waals surface area (Å²) in [5.41, 5.74) is 5.63. The lowest BCUT2D eigenvalue weighted by molar-refractivity contribution is -0.122. The second kappa shape index (κ2) is 5.32. The van der Waals surface area contributed by atoms with Gasteiger partial charge in [0.05, 0.1) is 25.8 Å². The highest BCUT2D eigenvalue weighted by Gasteiger charge is 2.17. The van der Waals surface area contributed by atoms with Crippen molar-refractivity contribution >= 4 is 5.78 Å². The van der Waals surface area contributed by atoms with Gasteiger partial charge in [0.25, 0.3) is 0 Å². The van der Waals surface area contributed by atoms with Crippen LogP contribution in [0.3, 0.4) is 0 Å². The van der Waals surface area contributed by atoms with Crippen molar-refractivity contribution in [2.24, 2.45) is 5.73 Å². The molecule has 1 fully saturated rings. The maximum Gasteiger partial charge on any atom is 0.163 e. The Balaban J connectivity index is 2.26. The van der Waals surface area contributed by atoms with E-state index < -0.39 is 0 Å². The van der Waals surface area contributed by atoms with Crippen LogP contribution >= 0.6 is 0 Å². The van der Waals surface area contributed by atoms with E-state index >= 15 is 0 Å². The number of hydrogen-bond acceptors (Lipinski definition) is 4. The molecule has 1 aliphatic rings. The maximum atomic E-state index is 11.4. The normalized spacial score (nSPS) is 21.4. The van der Waals surface area contributed by atoms with Gasteiger partial charge in [-0.25, -0.2) is 0 Å². The molecule has 1 atom stereocenters. The molecular weight excluding hydrogens is 168 g/mol. The van der Waals surface area contributed by atoms with Crippen LogP contribution in [0.25, 0.3) is 0 Å². The summed E-state index contributed by atoms with van der Waals surface area (Å²) in [6, 6.07) is -0.289. The van der Waals surface area contributed by atoms with Crippen LogP contribution in [0.1, 0.15) is 13.3 Å². The van der Waals surface area contributed by atoms with Gasteiger partial charge in [0, 0.05) is 13.1 Å². The van der Waals surface area contributed by atoms with Gasteiger partial charge in [-0.3, -0.25) is 9.69 Å². The van der Waals surface area contributed by atoms with Crippen molar-refractivity contribution in [3.05, 3.63) is 0 Å². The third kappa shape index (κ3) is 3.42. The van der Waals surface area contributed by atoms with E-state index in [2.05, 4.69) is 4.90 Å². The summed E-state index contributed by atoms with van der Waals surface area (Å²) in [6.45, 7) is 5.58. The van der Waals surface area contributed by atoms with Gasteiger partial charge in [-0.1, -0.05) is 6.92 Å². The molecule has 0 amide bonds. The standard InChI is InChI=1S/C9H18N2O2/c1-2-8(10)9(12)7-11-3-5-13-6-4-11/h8H,2-7,10H2,1H3. The Hall–Kier alpha value is -0.450. The Morgan fingerprint density at radius 2 is 2.15 bits per heavy atom. The Bertz CT molecular complexity index is 167.